The van der Waals surface area contributed by atoms with Gasteiger partial charge in [0.05, 0.1) is 6.21 Å². The average Bonchev–Trinajstić information content (AvgIpc) is 2.54. The van der Waals surface area contributed by atoms with E-state index in [2.05, 4.69) is 83.7 Å². The van der Waals surface area contributed by atoms with Crippen molar-refractivity contribution in [3.63, 3.8) is 0 Å². The maximum atomic E-state index is 13.7. The van der Waals surface area contributed by atoms with Crippen LogP contribution in [0.5, 0.6) is 0 Å². The molecule has 0 aliphatic carbocycles. The van der Waals surface area contributed by atoms with Gasteiger partial charge in [0.25, 0.3) is 0 Å². The van der Waals surface area contributed by atoms with Crippen molar-refractivity contribution in [1.29, 1.82) is 0 Å². The third kappa shape index (κ3) is 17.1. The van der Waals surface area contributed by atoms with Crippen molar-refractivity contribution in [1.82, 2.24) is 0 Å². The van der Waals surface area contributed by atoms with E-state index in [1.165, 1.54) is 7.11 Å². The van der Waals surface area contributed by atoms with Crippen molar-refractivity contribution in [2.24, 2.45) is 5.16 Å². The van der Waals surface area contributed by atoms with E-state index < -0.39 is 72.0 Å². The minimum Gasteiger partial charge on any atom is -0.518 e. The number of hydrogen-bond donors (Lipinski definition) is 0. The number of carbonyl (C=O) groups is 1. The third-order valence-electron chi connectivity index (χ3n) is 3.85. The van der Waals surface area contributed by atoms with Crippen LogP contribution in [0.3, 0.4) is 0 Å². The quantitative estimate of drug-likeness (QED) is 0.135. The van der Waals surface area contributed by atoms with Gasteiger partial charge >= 0.3 is 5.97 Å². The second kappa shape index (κ2) is 13.1. The molecule has 0 heterocycles. The summed E-state index contributed by atoms with van der Waals surface area (Å²) < 4.78 is 32.6. The van der Waals surface area contributed by atoms with Gasteiger partial charge in [-0.15, -0.1) is 0 Å². The maximum absolute atomic E-state index is 13.7. The molecule has 13 heteroatoms. The number of oxime groups is 1. The lowest BCUT2D eigenvalue weighted by Crippen LogP contribution is -2.61. The van der Waals surface area contributed by atoms with E-state index in [0.29, 0.717) is 0 Å². The van der Waals surface area contributed by atoms with E-state index in [0.717, 1.165) is 0 Å². The number of carbonyl (C=O) groups excluding carboxylic acids is 1. The lowest BCUT2D eigenvalue weighted by Gasteiger charge is -2.44. The lowest BCUT2D eigenvalue weighted by molar-refractivity contribution is -0.153. The zero-order valence-corrected chi connectivity index (χ0v) is 30.2. The fraction of sp³-hybridized carbons (Fsp3) is 0.909. The first-order valence-electron chi connectivity index (χ1n) is 12.3. The van der Waals surface area contributed by atoms with Crippen LogP contribution in [-0.4, -0.2) is 85.3 Å². The molecule has 0 fully saturated rings. The van der Waals surface area contributed by atoms with Crippen molar-refractivity contribution in [2.45, 2.75) is 123 Å². The van der Waals surface area contributed by atoms with Gasteiger partial charge in [-0.1, -0.05) is 5.16 Å². The molecule has 0 amide bonds. The van der Waals surface area contributed by atoms with E-state index >= 15 is 0 Å². The highest BCUT2D eigenvalue weighted by Gasteiger charge is 2.48. The van der Waals surface area contributed by atoms with Crippen LogP contribution >= 0.6 is 0 Å². The first kappa shape index (κ1) is 34.9. The molecular formula is C22H53NO7Si5. The zero-order valence-electron chi connectivity index (χ0n) is 25.2. The van der Waals surface area contributed by atoms with Crippen LogP contribution in [-0.2, 0) is 31.8 Å². The Balaban J connectivity index is 6.99. The molecule has 0 N–H and O–H groups in total. The third-order valence-corrected chi connectivity index (χ3v) is 8.56. The molecule has 0 aromatic rings. The Hall–Kier alpha value is -0.136. The normalized spacial score (nSPS) is 17.7. The van der Waals surface area contributed by atoms with Gasteiger partial charge in [0.2, 0.25) is 8.32 Å². The Labute approximate surface area is 220 Å². The molecule has 0 spiro atoms. The molecule has 0 aliphatic rings. The summed E-state index contributed by atoms with van der Waals surface area (Å²) in [5, 5.41) is 4.05. The zero-order chi connectivity index (χ0) is 28.0. The Bertz CT molecular complexity index is 689. The van der Waals surface area contributed by atoms with Gasteiger partial charge in [-0.05, 0) is 98.2 Å². The van der Waals surface area contributed by atoms with E-state index in [1.807, 2.05) is 19.6 Å². The fourth-order valence-electron chi connectivity index (χ4n) is 3.14. The highest BCUT2D eigenvalue weighted by Crippen LogP contribution is 2.28. The molecule has 0 radical (unpaired) electrons. The molecule has 0 aromatic carbocycles. The van der Waals surface area contributed by atoms with Crippen LogP contribution in [0.2, 0.25) is 98.2 Å². The maximum Gasteiger partial charge on any atom is 0.323 e. The summed E-state index contributed by atoms with van der Waals surface area (Å²) in [5.74, 6) is -0.394. The largest absolute Gasteiger partial charge is 0.518 e. The molecule has 208 valence electrons. The smallest absolute Gasteiger partial charge is 0.323 e. The predicted octanol–water partition coefficient (Wildman–Crippen LogP) is 5.88. The van der Waals surface area contributed by atoms with E-state index in [9.17, 15) is 4.79 Å². The van der Waals surface area contributed by atoms with E-state index in [-0.39, 0.29) is 0 Å². The van der Waals surface area contributed by atoms with Crippen molar-refractivity contribution in [3.8, 4) is 0 Å². The second-order valence-electron chi connectivity index (χ2n) is 13.7. The minimum atomic E-state index is -2.19. The fourth-order valence-corrected chi connectivity index (χ4v) is 8.02. The molecule has 0 saturated carbocycles. The van der Waals surface area contributed by atoms with Crippen molar-refractivity contribution >= 4 is 53.8 Å². The van der Waals surface area contributed by atoms with Gasteiger partial charge in [0.1, 0.15) is 25.4 Å². The minimum absolute atomic E-state index is 0.394. The molecular weight excluding hydrogens is 531 g/mol. The Morgan fingerprint density at radius 1 is 0.600 bits per heavy atom. The highest BCUT2D eigenvalue weighted by atomic mass is 28.4. The number of nitrogens with zero attached hydrogens (tertiary/aromatic N) is 1. The molecule has 35 heavy (non-hydrogen) atoms. The molecule has 8 nitrogen and oxygen atoms in total. The molecule has 0 saturated heterocycles. The molecule has 0 bridgehead atoms. The monoisotopic (exact) mass is 583 g/mol. The van der Waals surface area contributed by atoms with Crippen LogP contribution < -0.4 is 0 Å². The van der Waals surface area contributed by atoms with Crippen LogP contribution in [0.25, 0.3) is 0 Å². The molecule has 0 rings (SSSR count). The van der Waals surface area contributed by atoms with Gasteiger partial charge in [-0.25, -0.2) is 0 Å². The molecule has 4 atom stereocenters. The lowest BCUT2D eigenvalue weighted by atomic mass is 10.0. The van der Waals surface area contributed by atoms with Crippen LogP contribution in [0.1, 0.15) is 0 Å². The Kier molecular flexibility index (Phi) is 13.0. The van der Waals surface area contributed by atoms with E-state index in [4.69, 9.17) is 27.0 Å². The van der Waals surface area contributed by atoms with Gasteiger partial charge < -0.3 is 27.0 Å². The number of rotatable bonds is 15. The van der Waals surface area contributed by atoms with Gasteiger partial charge in [0.15, 0.2) is 39.4 Å². The SMILES string of the molecule is CON=C[C@H](O[Si](C)(C)C)[C@H](O[Si](C)(C)C)[C@@H](O[Si](C)(C)C)[C@H](O[Si](C)(C)C)C(=O)O[Si](C)(C)C. The summed E-state index contributed by atoms with van der Waals surface area (Å²) in [6, 6.07) is 0. The topological polar surface area (TPSA) is 84.8 Å². The highest BCUT2D eigenvalue weighted by molar-refractivity contribution is 6.72. The summed E-state index contributed by atoms with van der Waals surface area (Å²) in [5.41, 5.74) is 0. The first-order chi connectivity index (χ1) is 15.3. The van der Waals surface area contributed by atoms with Crippen molar-refractivity contribution < 1.29 is 31.8 Å². The van der Waals surface area contributed by atoms with Crippen LogP contribution in [0, 0.1) is 0 Å². The first-order valence-corrected chi connectivity index (χ1v) is 29.4. The summed E-state index contributed by atoms with van der Waals surface area (Å²) >= 11 is 0. The van der Waals surface area contributed by atoms with Crippen LogP contribution in [0.15, 0.2) is 5.16 Å². The van der Waals surface area contributed by atoms with Gasteiger partial charge in [-0.2, -0.15) is 0 Å². The Morgan fingerprint density at radius 2 is 1.00 bits per heavy atom. The summed E-state index contributed by atoms with van der Waals surface area (Å²) in [7, 11) is -9.27. The summed E-state index contributed by atoms with van der Waals surface area (Å²) in [6.45, 7) is 31.1. The Morgan fingerprint density at radius 3 is 1.34 bits per heavy atom. The van der Waals surface area contributed by atoms with Crippen molar-refractivity contribution in [2.75, 3.05) is 7.11 Å². The number of hydrogen-bond acceptors (Lipinski definition) is 8. The molecule has 0 aliphatic heterocycles. The standard InChI is InChI=1S/C22H53NO7Si5/c1-25-23-17-18(26-31(2,3)4)19(27-32(5,6)7)20(28-33(8,9)10)21(29-34(11,12)13)22(24)30-35(14,15)16/h17-21H,1-16H3/t18-,19-,20+,21-/m0/s1. The second-order valence-corrected chi connectivity index (χ2v) is 36.0. The van der Waals surface area contributed by atoms with E-state index in [1.54, 1.807) is 6.21 Å². The summed E-state index contributed by atoms with van der Waals surface area (Å²) in [6.07, 6.45) is -1.26. The predicted molar refractivity (Wildman–Crippen MR) is 158 cm³/mol. The summed E-state index contributed by atoms with van der Waals surface area (Å²) in [4.78, 5) is 18.7. The molecule has 0 unspecified atom stereocenters. The molecule has 0 aromatic heterocycles. The van der Waals surface area contributed by atoms with Crippen LogP contribution in [0.4, 0.5) is 0 Å². The van der Waals surface area contributed by atoms with Gasteiger partial charge in [-0.3, -0.25) is 4.79 Å². The van der Waals surface area contributed by atoms with Crippen molar-refractivity contribution in [3.05, 3.63) is 0 Å². The van der Waals surface area contributed by atoms with Gasteiger partial charge in [0, 0.05) is 0 Å². The average molecular weight is 584 g/mol.